The number of fused-ring (bicyclic) bond motifs is 2. The van der Waals surface area contributed by atoms with Crippen LogP contribution in [0.1, 0.15) is 12.8 Å². The Bertz CT molecular complexity index is 742. The van der Waals surface area contributed by atoms with E-state index in [4.69, 9.17) is 23.2 Å². The molecule has 2 aliphatic rings. The summed E-state index contributed by atoms with van der Waals surface area (Å²) in [5.41, 5.74) is 0.0168. The van der Waals surface area contributed by atoms with Crippen LogP contribution in [-0.4, -0.2) is 33.7 Å². The maximum atomic E-state index is 14.1. The molecular formula is C13H10Cl2F2N4. The van der Waals surface area contributed by atoms with Crippen molar-refractivity contribution in [1.82, 2.24) is 15.0 Å². The van der Waals surface area contributed by atoms with Gasteiger partial charge in [-0.1, -0.05) is 11.6 Å². The van der Waals surface area contributed by atoms with Gasteiger partial charge in [0.05, 0.1) is 11.4 Å². The number of nitrogens with zero attached hydrogens (tertiary/aromatic N) is 4. The highest BCUT2D eigenvalue weighted by molar-refractivity contribution is 6.30. The zero-order valence-electron chi connectivity index (χ0n) is 10.7. The Morgan fingerprint density at radius 1 is 1.29 bits per heavy atom. The number of aromatic nitrogens is 3. The molecule has 1 aliphatic heterocycles. The van der Waals surface area contributed by atoms with Crippen molar-refractivity contribution in [2.45, 2.75) is 25.1 Å². The second-order valence-corrected chi connectivity index (χ2v) is 6.07. The molecule has 2 aromatic rings. The van der Waals surface area contributed by atoms with Crippen molar-refractivity contribution < 1.29 is 8.78 Å². The Balaban J connectivity index is 1.90. The Labute approximate surface area is 129 Å². The molecule has 4 nitrogen and oxygen atoms in total. The number of rotatable bonds is 1. The van der Waals surface area contributed by atoms with Gasteiger partial charge in [-0.05, 0) is 24.4 Å². The predicted molar refractivity (Wildman–Crippen MR) is 76.1 cm³/mol. The second kappa shape index (κ2) is 4.61. The van der Waals surface area contributed by atoms with Crippen LogP contribution in [0.5, 0.6) is 0 Å². The lowest BCUT2D eigenvalue weighted by Gasteiger charge is -2.28. The summed E-state index contributed by atoms with van der Waals surface area (Å²) >= 11 is 11.6. The van der Waals surface area contributed by atoms with E-state index in [0.29, 0.717) is 17.7 Å². The predicted octanol–water partition coefficient (Wildman–Crippen LogP) is 3.41. The van der Waals surface area contributed by atoms with Crippen molar-refractivity contribution in [3.63, 3.8) is 0 Å². The lowest BCUT2D eigenvalue weighted by atomic mass is 10.1. The Hall–Kier alpha value is -1.27. The van der Waals surface area contributed by atoms with Crippen LogP contribution in [0.2, 0.25) is 10.4 Å². The van der Waals surface area contributed by atoms with Crippen LogP contribution >= 0.6 is 23.2 Å². The van der Waals surface area contributed by atoms with Gasteiger partial charge >= 0.3 is 0 Å². The normalized spacial score (nSPS) is 27.8. The van der Waals surface area contributed by atoms with Crippen LogP contribution in [0.3, 0.4) is 0 Å². The van der Waals surface area contributed by atoms with E-state index in [1.54, 1.807) is 0 Å². The molecule has 0 radical (unpaired) electrons. The summed E-state index contributed by atoms with van der Waals surface area (Å²) in [6, 6.07) is -0.202. The van der Waals surface area contributed by atoms with Crippen molar-refractivity contribution in [2.75, 3.05) is 11.4 Å². The van der Waals surface area contributed by atoms with Crippen LogP contribution < -0.4 is 4.90 Å². The number of piperidine rings is 1. The topological polar surface area (TPSA) is 41.9 Å². The molecule has 4 rings (SSSR count). The average molecular weight is 331 g/mol. The van der Waals surface area contributed by atoms with Gasteiger partial charge in [0.25, 0.3) is 0 Å². The van der Waals surface area contributed by atoms with Gasteiger partial charge < -0.3 is 4.90 Å². The molecular weight excluding hydrogens is 321 g/mol. The zero-order chi connectivity index (χ0) is 14.7. The molecule has 0 spiro atoms. The Kier molecular flexibility index (Phi) is 2.94. The first-order chi connectivity index (χ1) is 10.1. The zero-order valence-corrected chi connectivity index (χ0v) is 12.2. The van der Waals surface area contributed by atoms with Crippen LogP contribution in [0.25, 0.3) is 10.9 Å². The number of alkyl halides is 1. The second-order valence-electron chi connectivity index (χ2n) is 5.38. The monoisotopic (exact) mass is 330 g/mol. The van der Waals surface area contributed by atoms with Gasteiger partial charge in [0, 0.05) is 18.7 Å². The number of anilines is 1. The number of halogens is 4. The first-order valence-corrected chi connectivity index (χ1v) is 7.41. The Morgan fingerprint density at radius 3 is 2.90 bits per heavy atom. The van der Waals surface area contributed by atoms with Crippen molar-refractivity contribution in [2.24, 2.45) is 5.92 Å². The van der Waals surface area contributed by atoms with Crippen LogP contribution in [0.4, 0.5) is 14.6 Å². The maximum Gasteiger partial charge on any atom is 0.225 e. The minimum absolute atomic E-state index is 0.0168. The van der Waals surface area contributed by atoms with Crippen molar-refractivity contribution in [1.29, 1.82) is 0 Å². The molecule has 21 heavy (non-hydrogen) atoms. The summed E-state index contributed by atoms with van der Waals surface area (Å²) in [6.45, 7) is 0.661. The molecule has 0 bridgehead atoms. The molecule has 0 N–H and O–H groups in total. The van der Waals surface area contributed by atoms with E-state index >= 15 is 0 Å². The lowest BCUT2D eigenvalue weighted by Crippen LogP contribution is -2.33. The van der Waals surface area contributed by atoms with Gasteiger partial charge in [0.15, 0.2) is 11.0 Å². The third-order valence-corrected chi connectivity index (χ3v) is 4.63. The molecule has 3 atom stereocenters. The molecule has 1 saturated heterocycles. The molecule has 0 amide bonds. The average Bonchev–Trinajstić information content (AvgIpc) is 3.14. The molecule has 110 valence electrons. The molecule has 0 aromatic carbocycles. The summed E-state index contributed by atoms with van der Waals surface area (Å²) in [5.74, 6) is -0.267. The number of hydrogen-bond donors (Lipinski definition) is 0. The quantitative estimate of drug-likeness (QED) is 0.593. The SMILES string of the molecule is Fc1c(Cl)ncc2c(N3CCC[C@H]4[C@@H](F)[C@H]43)nc(Cl)nc12. The molecule has 3 heterocycles. The van der Waals surface area contributed by atoms with E-state index < -0.39 is 12.0 Å². The number of pyridine rings is 1. The summed E-state index contributed by atoms with van der Waals surface area (Å²) in [4.78, 5) is 13.7. The van der Waals surface area contributed by atoms with Gasteiger partial charge in [-0.3, -0.25) is 0 Å². The van der Waals surface area contributed by atoms with E-state index in [2.05, 4.69) is 15.0 Å². The number of hydrogen-bond acceptors (Lipinski definition) is 4. The van der Waals surface area contributed by atoms with Gasteiger partial charge in [0.2, 0.25) is 5.28 Å². The van der Waals surface area contributed by atoms with Crippen LogP contribution in [0.15, 0.2) is 6.20 Å². The molecule has 1 saturated carbocycles. The summed E-state index contributed by atoms with van der Waals surface area (Å²) < 4.78 is 27.9. The Morgan fingerprint density at radius 2 is 2.10 bits per heavy atom. The van der Waals surface area contributed by atoms with Crippen molar-refractivity contribution in [3.8, 4) is 0 Å². The summed E-state index contributed by atoms with van der Waals surface area (Å²) in [7, 11) is 0. The molecule has 8 heteroatoms. The molecule has 2 aromatic heterocycles. The van der Waals surface area contributed by atoms with E-state index in [9.17, 15) is 8.78 Å². The summed E-state index contributed by atoms with van der Waals surface area (Å²) in [5, 5.41) is 0.0485. The third kappa shape index (κ3) is 1.96. The van der Waals surface area contributed by atoms with E-state index in [0.717, 1.165) is 12.8 Å². The van der Waals surface area contributed by atoms with Gasteiger partial charge in [0.1, 0.15) is 17.5 Å². The fraction of sp³-hybridized carbons (Fsp3) is 0.462. The van der Waals surface area contributed by atoms with Crippen molar-refractivity contribution >= 4 is 39.9 Å². The molecule has 2 fully saturated rings. The minimum atomic E-state index is -0.860. The van der Waals surface area contributed by atoms with Crippen molar-refractivity contribution in [3.05, 3.63) is 22.5 Å². The maximum absolute atomic E-state index is 14.1. The highest BCUT2D eigenvalue weighted by Crippen LogP contribution is 2.48. The summed E-state index contributed by atoms with van der Waals surface area (Å²) in [6.07, 6.45) is 2.29. The standard InChI is InChI=1S/C13H10Cl2F2N4/c14-11-8(17)9-6(4-18-11)12(20-13(15)19-9)21-3-1-2-5-7(16)10(5)21/h4-5,7,10H,1-3H2/t5-,7+,10-/m0/s1. The van der Waals surface area contributed by atoms with Crippen LogP contribution in [0, 0.1) is 11.7 Å². The van der Waals surface area contributed by atoms with E-state index in [1.807, 2.05) is 4.90 Å². The fourth-order valence-corrected chi connectivity index (χ4v) is 3.46. The molecule has 0 unspecified atom stereocenters. The van der Waals surface area contributed by atoms with Crippen LogP contribution in [-0.2, 0) is 0 Å². The van der Waals surface area contributed by atoms with E-state index in [-0.39, 0.29) is 27.9 Å². The van der Waals surface area contributed by atoms with Gasteiger partial charge in [-0.2, -0.15) is 4.98 Å². The smallest absolute Gasteiger partial charge is 0.225 e. The highest BCUT2D eigenvalue weighted by Gasteiger charge is 2.56. The van der Waals surface area contributed by atoms with Gasteiger partial charge in [-0.25, -0.2) is 18.7 Å². The third-order valence-electron chi connectivity index (χ3n) is 4.20. The first kappa shape index (κ1) is 13.4. The van der Waals surface area contributed by atoms with E-state index in [1.165, 1.54) is 6.20 Å². The molecule has 1 aliphatic carbocycles. The fourth-order valence-electron chi connectivity index (χ4n) is 3.15. The highest BCUT2D eigenvalue weighted by atomic mass is 35.5. The largest absolute Gasteiger partial charge is 0.350 e. The minimum Gasteiger partial charge on any atom is -0.350 e. The first-order valence-electron chi connectivity index (χ1n) is 6.66. The van der Waals surface area contributed by atoms with Gasteiger partial charge in [-0.15, -0.1) is 0 Å². The lowest BCUT2D eigenvalue weighted by molar-refractivity contribution is 0.438.